The van der Waals surface area contributed by atoms with Crippen LogP contribution in [0.5, 0.6) is 0 Å². The summed E-state index contributed by atoms with van der Waals surface area (Å²) in [5, 5.41) is 0. The quantitative estimate of drug-likeness (QED) is 0.807. The van der Waals surface area contributed by atoms with Crippen LogP contribution in [0.1, 0.15) is 45.1 Å². The van der Waals surface area contributed by atoms with E-state index in [0.29, 0.717) is 10.8 Å². The van der Waals surface area contributed by atoms with Gasteiger partial charge < -0.3 is 0 Å². The van der Waals surface area contributed by atoms with Gasteiger partial charge in [0.15, 0.2) is 9.84 Å². The monoisotopic (exact) mass is 254 g/mol. The van der Waals surface area contributed by atoms with Gasteiger partial charge >= 0.3 is 0 Å². The Bertz CT molecular complexity index is 446. The van der Waals surface area contributed by atoms with Gasteiger partial charge in [-0.15, -0.1) is 0 Å². The lowest BCUT2D eigenvalue weighted by Crippen LogP contribution is -1.96. The molecular formula is C14H22O2S. The Labute approximate surface area is 105 Å². The molecule has 1 saturated carbocycles. The molecule has 0 radical (unpaired) electrons. The Kier molecular flexibility index (Phi) is 4.75. The summed E-state index contributed by atoms with van der Waals surface area (Å²) in [6, 6.07) is 7.28. The van der Waals surface area contributed by atoms with Crippen LogP contribution in [-0.4, -0.2) is 14.7 Å². The summed E-state index contributed by atoms with van der Waals surface area (Å²) in [6.07, 6.45) is 3.72. The highest BCUT2D eigenvalue weighted by Gasteiger charge is 2.33. The lowest BCUT2D eigenvalue weighted by molar-refractivity contribution is 0.602. The van der Waals surface area contributed by atoms with E-state index in [-0.39, 0.29) is 0 Å². The van der Waals surface area contributed by atoms with Crippen molar-refractivity contribution in [2.45, 2.75) is 44.4 Å². The summed E-state index contributed by atoms with van der Waals surface area (Å²) in [5.74, 6) is 1.42. The molecule has 0 heterocycles. The van der Waals surface area contributed by atoms with Gasteiger partial charge in [-0.1, -0.05) is 39.3 Å². The molecule has 1 aliphatic carbocycles. The van der Waals surface area contributed by atoms with Crippen molar-refractivity contribution in [2.75, 3.05) is 6.26 Å². The predicted octanol–water partition coefficient (Wildman–Crippen LogP) is 3.63. The molecule has 96 valence electrons. The van der Waals surface area contributed by atoms with Gasteiger partial charge in [-0.25, -0.2) is 8.42 Å². The highest BCUT2D eigenvalue weighted by atomic mass is 32.2. The van der Waals surface area contributed by atoms with Crippen molar-refractivity contribution in [3.8, 4) is 0 Å². The molecule has 0 saturated heterocycles. The van der Waals surface area contributed by atoms with E-state index in [1.54, 1.807) is 12.1 Å². The van der Waals surface area contributed by atoms with Gasteiger partial charge in [0.25, 0.3) is 0 Å². The third-order valence-electron chi connectivity index (χ3n) is 2.85. The van der Waals surface area contributed by atoms with Gasteiger partial charge in [0, 0.05) is 6.26 Å². The standard InChI is InChI=1S/C11H14O2S.C3H8/c1-8-7-11(8)9-3-5-10(6-4-9)14(2,12)13;1-3-2/h3-6,8,11H,7H2,1-2H3;3H2,1-2H3/t8-,11?;/m1./s1. The van der Waals surface area contributed by atoms with Crippen molar-refractivity contribution in [3.05, 3.63) is 29.8 Å². The number of sulfone groups is 1. The molecule has 1 unspecified atom stereocenters. The van der Waals surface area contributed by atoms with Gasteiger partial charge in [0.1, 0.15) is 0 Å². The minimum atomic E-state index is -3.04. The number of benzene rings is 1. The topological polar surface area (TPSA) is 34.1 Å². The fourth-order valence-electron chi connectivity index (χ4n) is 1.75. The fourth-order valence-corrected chi connectivity index (χ4v) is 2.38. The average Bonchev–Trinajstić information content (AvgIpc) is 2.96. The molecule has 3 heteroatoms. The molecule has 1 aliphatic rings. The third kappa shape index (κ3) is 4.15. The summed E-state index contributed by atoms with van der Waals surface area (Å²) in [7, 11) is -3.04. The number of hydrogen-bond donors (Lipinski definition) is 0. The van der Waals surface area contributed by atoms with Gasteiger partial charge in [0.05, 0.1) is 4.90 Å². The molecule has 0 bridgehead atoms. The molecule has 1 aromatic carbocycles. The van der Waals surface area contributed by atoms with Crippen LogP contribution in [-0.2, 0) is 9.84 Å². The summed E-state index contributed by atoms with van der Waals surface area (Å²) >= 11 is 0. The molecule has 2 rings (SSSR count). The van der Waals surface area contributed by atoms with Crippen molar-refractivity contribution in [1.29, 1.82) is 0 Å². The van der Waals surface area contributed by atoms with Gasteiger partial charge in [-0.05, 0) is 36.0 Å². The average molecular weight is 254 g/mol. The van der Waals surface area contributed by atoms with Gasteiger partial charge in [-0.2, -0.15) is 0 Å². The SMILES string of the molecule is CCC.C[C@@H]1CC1c1ccc(S(C)(=O)=O)cc1. The maximum Gasteiger partial charge on any atom is 0.175 e. The van der Waals surface area contributed by atoms with Crippen molar-refractivity contribution in [2.24, 2.45) is 5.92 Å². The second kappa shape index (κ2) is 5.67. The van der Waals surface area contributed by atoms with E-state index in [1.165, 1.54) is 24.7 Å². The van der Waals surface area contributed by atoms with Crippen LogP contribution >= 0.6 is 0 Å². The summed E-state index contributed by atoms with van der Waals surface area (Å²) in [5.41, 5.74) is 1.27. The smallest absolute Gasteiger partial charge is 0.175 e. The first-order chi connectivity index (χ1) is 7.90. The Morgan fingerprint density at radius 1 is 1.18 bits per heavy atom. The number of hydrogen-bond acceptors (Lipinski definition) is 2. The Morgan fingerprint density at radius 3 is 1.88 bits per heavy atom. The Morgan fingerprint density at radius 2 is 1.59 bits per heavy atom. The van der Waals surface area contributed by atoms with E-state index >= 15 is 0 Å². The predicted molar refractivity (Wildman–Crippen MR) is 72.0 cm³/mol. The molecular weight excluding hydrogens is 232 g/mol. The van der Waals surface area contributed by atoms with Crippen LogP contribution in [0.4, 0.5) is 0 Å². The normalized spacial score (nSPS) is 22.6. The van der Waals surface area contributed by atoms with Crippen LogP contribution in [0.3, 0.4) is 0 Å². The lowest BCUT2D eigenvalue weighted by Gasteiger charge is -2.01. The minimum Gasteiger partial charge on any atom is -0.224 e. The van der Waals surface area contributed by atoms with E-state index in [4.69, 9.17) is 0 Å². The lowest BCUT2D eigenvalue weighted by atomic mass is 10.1. The summed E-state index contributed by atoms with van der Waals surface area (Å²) in [6.45, 7) is 6.47. The van der Waals surface area contributed by atoms with E-state index in [9.17, 15) is 8.42 Å². The van der Waals surface area contributed by atoms with E-state index < -0.39 is 9.84 Å². The van der Waals surface area contributed by atoms with Gasteiger partial charge in [0.2, 0.25) is 0 Å². The van der Waals surface area contributed by atoms with E-state index in [2.05, 4.69) is 20.8 Å². The molecule has 0 spiro atoms. The Balaban J connectivity index is 0.000000437. The molecule has 0 aliphatic heterocycles. The van der Waals surface area contributed by atoms with Crippen molar-refractivity contribution >= 4 is 9.84 Å². The van der Waals surface area contributed by atoms with E-state index in [0.717, 1.165) is 5.92 Å². The first kappa shape index (κ1) is 14.2. The molecule has 2 nitrogen and oxygen atoms in total. The van der Waals surface area contributed by atoms with Crippen molar-refractivity contribution < 1.29 is 8.42 Å². The molecule has 1 aromatic rings. The second-order valence-corrected chi connectivity index (χ2v) is 6.88. The minimum absolute atomic E-state index is 0.412. The molecule has 0 aromatic heterocycles. The third-order valence-corrected chi connectivity index (χ3v) is 3.97. The van der Waals surface area contributed by atoms with Crippen molar-refractivity contribution in [1.82, 2.24) is 0 Å². The largest absolute Gasteiger partial charge is 0.224 e. The fraction of sp³-hybridized carbons (Fsp3) is 0.571. The van der Waals surface area contributed by atoms with Crippen LogP contribution in [0, 0.1) is 5.92 Å². The van der Waals surface area contributed by atoms with Gasteiger partial charge in [-0.3, -0.25) is 0 Å². The van der Waals surface area contributed by atoms with Crippen LogP contribution in [0.15, 0.2) is 29.2 Å². The maximum atomic E-state index is 11.2. The van der Waals surface area contributed by atoms with Crippen LogP contribution in [0.25, 0.3) is 0 Å². The zero-order valence-electron chi connectivity index (χ0n) is 11.1. The molecule has 1 fully saturated rings. The highest BCUT2D eigenvalue weighted by molar-refractivity contribution is 7.90. The van der Waals surface area contributed by atoms with Crippen LogP contribution < -0.4 is 0 Å². The van der Waals surface area contributed by atoms with E-state index in [1.807, 2.05) is 12.1 Å². The first-order valence-electron chi connectivity index (χ1n) is 6.20. The molecule has 0 amide bonds. The summed E-state index contributed by atoms with van der Waals surface area (Å²) < 4.78 is 22.4. The number of rotatable bonds is 2. The Hall–Kier alpha value is -0.830. The maximum absolute atomic E-state index is 11.2. The zero-order chi connectivity index (χ0) is 13.1. The molecule has 17 heavy (non-hydrogen) atoms. The molecule has 2 atom stereocenters. The second-order valence-electron chi connectivity index (χ2n) is 4.87. The highest BCUT2D eigenvalue weighted by Crippen LogP contribution is 2.46. The zero-order valence-corrected chi connectivity index (χ0v) is 11.9. The first-order valence-corrected chi connectivity index (χ1v) is 8.09. The summed E-state index contributed by atoms with van der Waals surface area (Å²) in [4.78, 5) is 0.412. The van der Waals surface area contributed by atoms with Crippen LogP contribution in [0.2, 0.25) is 0 Å². The molecule has 0 N–H and O–H groups in total. The van der Waals surface area contributed by atoms with Crippen molar-refractivity contribution in [3.63, 3.8) is 0 Å².